The van der Waals surface area contributed by atoms with Crippen LogP contribution in [0.4, 0.5) is 0 Å². The molecule has 0 radical (unpaired) electrons. The van der Waals surface area contributed by atoms with Crippen LogP contribution in [0.2, 0.25) is 0 Å². The molecule has 0 aromatic heterocycles. The van der Waals surface area contributed by atoms with Crippen LogP contribution in [-0.2, 0) is 4.79 Å². The summed E-state index contributed by atoms with van der Waals surface area (Å²) >= 11 is 0. The van der Waals surface area contributed by atoms with Crippen molar-refractivity contribution in [1.29, 1.82) is 0 Å². The lowest BCUT2D eigenvalue weighted by Crippen LogP contribution is -2.02. The molecule has 1 aliphatic rings. The lowest BCUT2D eigenvalue weighted by molar-refractivity contribution is -0.131. The minimum Gasteiger partial charge on any atom is -0.427 e. The fourth-order valence-electron chi connectivity index (χ4n) is 2.24. The summed E-state index contributed by atoms with van der Waals surface area (Å²) in [7, 11) is 0. The van der Waals surface area contributed by atoms with Gasteiger partial charge in [0, 0.05) is 18.1 Å². The highest BCUT2D eigenvalue weighted by Gasteiger charge is 2.26. The number of ketones is 1. The molecule has 0 saturated carbocycles. The van der Waals surface area contributed by atoms with Crippen molar-refractivity contribution < 1.29 is 14.3 Å². The molecular formula is C15H10O3. The normalized spacial score (nSPS) is 11.9. The van der Waals surface area contributed by atoms with Crippen LogP contribution in [0.3, 0.4) is 0 Å². The summed E-state index contributed by atoms with van der Waals surface area (Å²) in [6.07, 6.45) is 0. The standard InChI is InChI=1S/C15H10O3/c1-9(16)18-10-6-7-12-11-4-2-3-5-13(11)15(17)14(12)8-10/h2-8H,1H3. The molecule has 2 aromatic carbocycles. The first-order valence-corrected chi connectivity index (χ1v) is 5.63. The number of hydrogen-bond donors (Lipinski definition) is 0. The van der Waals surface area contributed by atoms with Gasteiger partial charge in [0.2, 0.25) is 0 Å². The van der Waals surface area contributed by atoms with Crippen molar-refractivity contribution in [2.24, 2.45) is 0 Å². The second-order valence-electron chi connectivity index (χ2n) is 4.18. The van der Waals surface area contributed by atoms with Gasteiger partial charge in [-0.2, -0.15) is 0 Å². The third-order valence-corrected chi connectivity index (χ3v) is 2.96. The SMILES string of the molecule is CC(=O)Oc1ccc2c(c1)C(=O)c1ccccc1-2. The average Bonchev–Trinajstić information content (AvgIpc) is 2.63. The van der Waals surface area contributed by atoms with E-state index >= 15 is 0 Å². The largest absolute Gasteiger partial charge is 0.427 e. The van der Waals surface area contributed by atoms with Gasteiger partial charge in [-0.25, -0.2) is 0 Å². The molecule has 88 valence electrons. The number of benzene rings is 2. The number of carbonyl (C=O) groups is 2. The molecule has 3 heteroatoms. The molecular weight excluding hydrogens is 228 g/mol. The second-order valence-corrected chi connectivity index (χ2v) is 4.18. The molecule has 0 N–H and O–H groups in total. The highest BCUT2D eigenvalue weighted by atomic mass is 16.5. The maximum absolute atomic E-state index is 12.2. The van der Waals surface area contributed by atoms with Crippen molar-refractivity contribution in [3.05, 3.63) is 53.6 Å². The van der Waals surface area contributed by atoms with E-state index in [2.05, 4.69) is 0 Å². The van der Waals surface area contributed by atoms with Crippen LogP contribution in [0.1, 0.15) is 22.8 Å². The Morgan fingerprint density at radius 3 is 2.33 bits per heavy atom. The molecule has 0 spiro atoms. The van der Waals surface area contributed by atoms with Gasteiger partial charge in [0.1, 0.15) is 5.75 Å². The molecule has 3 nitrogen and oxygen atoms in total. The van der Waals surface area contributed by atoms with Crippen LogP contribution < -0.4 is 4.74 Å². The van der Waals surface area contributed by atoms with Crippen molar-refractivity contribution in [3.63, 3.8) is 0 Å². The summed E-state index contributed by atoms with van der Waals surface area (Å²) < 4.78 is 5.00. The second kappa shape index (κ2) is 3.81. The quantitative estimate of drug-likeness (QED) is 0.483. The number of hydrogen-bond acceptors (Lipinski definition) is 3. The van der Waals surface area contributed by atoms with Crippen molar-refractivity contribution in [1.82, 2.24) is 0 Å². The van der Waals surface area contributed by atoms with E-state index in [4.69, 9.17) is 4.74 Å². The summed E-state index contributed by atoms with van der Waals surface area (Å²) in [5, 5.41) is 0. The molecule has 0 fully saturated rings. The summed E-state index contributed by atoms with van der Waals surface area (Å²) in [5.41, 5.74) is 3.13. The summed E-state index contributed by atoms with van der Waals surface area (Å²) in [4.78, 5) is 23.1. The zero-order chi connectivity index (χ0) is 12.7. The molecule has 3 rings (SSSR count). The molecule has 2 aromatic rings. The first kappa shape index (κ1) is 10.7. The minimum atomic E-state index is -0.391. The van der Waals surface area contributed by atoms with Gasteiger partial charge >= 0.3 is 5.97 Å². The first-order valence-electron chi connectivity index (χ1n) is 5.63. The van der Waals surface area contributed by atoms with E-state index in [9.17, 15) is 9.59 Å². The Morgan fingerprint density at radius 2 is 1.61 bits per heavy atom. The third kappa shape index (κ3) is 1.52. The Kier molecular flexibility index (Phi) is 2.27. The number of fused-ring (bicyclic) bond motifs is 3. The van der Waals surface area contributed by atoms with E-state index in [1.54, 1.807) is 12.1 Å². The average molecular weight is 238 g/mol. The van der Waals surface area contributed by atoms with E-state index in [1.165, 1.54) is 6.92 Å². The fraction of sp³-hybridized carbons (Fsp3) is 0.0667. The zero-order valence-corrected chi connectivity index (χ0v) is 9.77. The molecule has 0 aliphatic heterocycles. The van der Waals surface area contributed by atoms with Gasteiger partial charge in [0.15, 0.2) is 5.78 Å². The maximum Gasteiger partial charge on any atom is 0.308 e. The smallest absolute Gasteiger partial charge is 0.308 e. The Bertz CT molecular complexity index is 671. The van der Waals surface area contributed by atoms with Crippen molar-refractivity contribution in [2.75, 3.05) is 0 Å². The molecule has 0 unspecified atom stereocenters. The predicted molar refractivity (Wildman–Crippen MR) is 66.6 cm³/mol. The number of rotatable bonds is 1. The maximum atomic E-state index is 12.2. The van der Waals surface area contributed by atoms with Crippen LogP contribution >= 0.6 is 0 Å². The number of ether oxygens (including phenoxy) is 1. The third-order valence-electron chi connectivity index (χ3n) is 2.96. The first-order chi connectivity index (χ1) is 8.66. The van der Waals surface area contributed by atoms with Crippen molar-refractivity contribution in [3.8, 4) is 16.9 Å². The summed E-state index contributed by atoms with van der Waals surface area (Å²) in [6, 6.07) is 12.6. The van der Waals surface area contributed by atoms with Gasteiger partial charge in [-0.1, -0.05) is 24.3 Å². The zero-order valence-electron chi connectivity index (χ0n) is 9.77. The molecule has 0 heterocycles. The van der Waals surface area contributed by atoms with Crippen molar-refractivity contribution >= 4 is 11.8 Å². The van der Waals surface area contributed by atoms with Crippen LogP contribution in [-0.4, -0.2) is 11.8 Å². The van der Waals surface area contributed by atoms with E-state index in [1.807, 2.05) is 30.3 Å². The molecule has 0 bridgehead atoms. The van der Waals surface area contributed by atoms with E-state index in [-0.39, 0.29) is 5.78 Å². The topological polar surface area (TPSA) is 43.4 Å². The fourth-order valence-corrected chi connectivity index (χ4v) is 2.24. The minimum absolute atomic E-state index is 0.0189. The van der Waals surface area contributed by atoms with Gasteiger partial charge in [0.05, 0.1) is 0 Å². The Labute approximate surface area is 104 Å². The lowest BCUT2D eigenvalue weighted by Gasteiger charge is -2.03. The van der Waals surface area contributed by atoms with Crippen LogP contribution in [0.5, 0.6) is 5.75 Å². The van der Waals surface area contributed by atoms with E-state index in [0.29, 0.717) is 16.9 Å². The van der Waals surface area contributed by atoms with Gasteiger partial charge in [-0.3, -0.25) is 9.59 Å². The van der Waals surface area contributed by atoms with Gasteiger partial charge in [-0.05, 0) is 29.3 Å². The number of esters is 1. The number of carbonyl (C=O) groups excluding carboxylic acids is 2. The lowest BCUT2D eigenvalue weighted by atomic mass is 10.1. The van der Waals surface area contributed by atoms with E-state index < -0.39 is 5.97 Å². The van der Waals surface area contributed by atoms with Crippen LogP contribution in [0.15, 0.2) is 42.5 Å². The van der Waals surface area contributed by atoms with Crippen LogP contribution in [0, 0.1) is 0 Å². The van der Waals surface area contributed by atoms with Gasteiger partial charge in [-0.15, -0.1) is 0 Å². The molecule has 0 atom stereocenters. The van der Waals surface area contributed by atoms with Crippen molar-refractivity contribution in [2.45, 2.75) is 6.92 Å². The Morgan fingerprint density at radius 1 is 0.944 bits per heavy atom. The molecule has 0 saturated heterocycles. The molecule has 18 heavy (non-hydrogen) atoms. The highest BCUT2D eigenvalue weighted by molar-refractivity contribution is 6.21. The van der Waals surface area contributed by atoms with E-state index in [0.717, 1.165) is 11.1 Å². The van der Waals surface area contributed by atoms with Crippen LogP contribution in [0.25, 0.3) is 11.1 Å². The highest BCUT2D eigenvalue weighted by Crippen LogP contribution is 2.37. The molecule has 1 aliphatic carbocycles. The Hall–Kier alpha value is -2.42. The molecule has 0 amide bonds. The monoisotopic (exact) mass is 238 g/mol. The summed E-state index contributed by atoms with van der Waals surface area (Å²) in [5.74, 6) is -0.00471. The predicted octanol–water partition coefficient (Wildman–Crippen LogP) is 2.82. The summed E-state index contributed by atoms with van der Waals surface area (Å²) in [6.45, 7) is 1.34. The van der Waals surface area contributed by atoms with Gasteiger partial charge < -0.3 is 4.74 Å². The van der Waals surface area contributed by atoms with Gasteiger partial charge in [0.25, 0.3) is 0 Å². The Balaban J connectivity index is 2.14.